The first-order valence-corrected chi connectivity index (χ1v) is 2.18. The first-order chi connectivity index (χ1) is 3.79. The van der Waals surface area contributed by atoms with Gasteiger partial charge in [-0.25, -0.2) is 4.99 Å². The van der Waals surface area contributed by atoms with E-state index in [2.05, 4.69) is 9.98 Å². The number of carbonyl (C=O) groups is 1. The summed E-state index contributed by atoms with van der Waals surface area (Å²) in [5.74, 6) is -0.168. The Morgan fingerprint density at radius 2 is 2.50 bits per heavy atom. The molecule has 0 aromatic rings. The van der Waals surface area contributed by atoms with E-state index in [0.717, 1.165) is 0 Å². The summed E-state index contributed by atoms with van der Waals surface area (Å²) in [7, 11) is 0. The Balaban J connectivity index is 2.77. The lowest BCUT2D eigenvalue weighted by Crippen LogP contribution is -2.15. The number of nitrogens with zero attached hydrogens (tertiary/aromatic N) is 2. The van der Waals surface area contributed by atoms with Gasteiger partial charge in [0, 0.05) is 6.21 Å². The molecular formula is C4H5N3O. The summed E-state index contributed by atoms with van der Waals surface area (Å²) in [5, 5.41) is 0. The third-order valence-corrected chi connectivity index (χ3v) is 0.729. The standard InChI is InChI=1S/C4H5N3O/c5-4-6-2-1-3(8)7-4/h2H,1H2,(H2,5,7,8). The van der Waals surface area contributed by atoms with Gasteiger partial charge in [0.25, 0.3) is 5.91 Å². The second-order valence-corrected chi connectivity index (χ2v) is 1.38. The van der Waals surface area contributed by atoms with E-state index in [1.807, 2.05) is 0 Å². The normalized spacial score (nSPS) is 18.5. The van der Waals surface area contributed by atoms with Crippen LogP contribution in [0.25, 0.3) is 0 Å². The summed E-state index contributed by atoms with van der Waals surface area (Å²) in [5.41, 5.74) is 5.06. The molecule has 0 aromatic heterocycles. The molecule has 0 bridgehead atoms. The van der Waals surface area contributed by atoms with E-state index >= 15 is 0 Å². The highest BCUT2D eigenvalue weighted by Gasteiger charge is 2.01. The zero-order valence-electron chi connectivity index (χ0n) is 4.16. The maximum absolute atomic E-state index is 10.3. The van der Waals surface area contributed by atoms with E-state index in [0.29, 0.717) is 0 Å². The van der Waals surface area contributed by atoms with E-state index in [1.165, 1.54) is 6.21 Å². The minimum absolute atomic E-state index is 0.0567. The summed E-state index contributed by atoms with van der Waals surface area (Å²) in [4.78, 5) is 17.2. The van der Waals surface area contributed by atoms with Crippen LogP contribution in [0.2, 0.25) is 0 Å². The van der Waals surface area contributed by atoms with Gasteiger partial charge in [-0.15, -0.1) is 0 Å². The molecular weight excluding hydrogens is 106 g/mol. The van der Waals surface area contributed by atoms with E-state index in [-0.39, 0.29) is 18.3 Å². The largest absolute Gasteiger partial charge is 0.368 e. The van der Waals surface area contributed by atoms with Crippen molar-refractivity contribution in [2.24, 2.45) is 15.7 Å². The molecule has 1 aliphatic rings. The quantitative estimate of drug-likeness (QED) is 0.449. The number of hydrogen-bond donors (Lipinski definition) is 1. The topological polar surface area (TPSA) is 67.8 Å². The summed E-state index contributed by atoms with van der Waals surface area (Å²) in [6, 6.07) is 0. The van der Waals surface area contributed by atoms with Crippen LogP contribution in [-0.2, 0) is 4.79 Å². The summed E-state index contributed by atoms with van der Waals surface area (Å²) in [6.45, 7) is 0. The lowest BCUT2D eigenvalue weighted by molar-refractivity contribution is -0.116. The number of rotatable bonds is 0. The Morgan fingerprint density at radius 3 is 2.88 bits per heavy atom. The maximum atomic E-state index is 10.3. The minimum Gasteiger partial charge on any atom is -0.368 e. The molecule has 0 spiro atoms. The van der Waals surface area contributed by atoms with Gasteiger partial charge >= 0.3 is 0 Å². The fourth-order valence-electron chi connectivity index (χ4n) is 0.420. The number of guanidine groups is 1. The van der Waals surface area contributed by atoms with Crippen molar-refractivity contribution in [3.63, 3.8) is 0 Å². The minimum atomic E-state index is -0.225. The Morgan fingerprint density at radius 1 is 1.75 bits per heavy atom. The Labute approximate surface area is 46.1 Å². The van der Waals surface area contributed by atoms with Gasteiger partial charge in [0.05, 0.1) is 6.42 Å². The van der Waals surface area contributed by atoms with E-state index < -0.39 is 0 Å². The molecule has 1 aliphatic heterocycles. The van der Waals surface area contributed by atoms with Crippen molar-refractivity contribution < 1.29 is 4.79 Å². The highest BCUT2D eigenvalue weighted by molar-refractivity contribution is 6.05. The monoisotopic (exact) mass is 111 g/mol. The van der Waals surface area contributed by atoms with Crippen molar-refractivity contribution in [2.75, 3.05) is 0 Å². The second-order valence-electron chi connectivity index (χ2n) is 1.38. The third-order valence-electron chi connectivity index (χ3n) is 0.729. The molecule has 0 aliphatic carbocycles. The van der Waals surface area contributed by atoms with Crippen molar-refractivity contribution in [3.05, 3.63) is 0 Å². The molecule has 1 amide bonds. The number of aliphatic imine (C=N–C) groups is 2. The first kappa shape index (κ1) is 4.96. The summed E-state index contributed by atoms with van der Waals surface area (Å²) in [6.07, 6.45) is 1.73. The van der Waals surface area contributed by atoms with Gasteiger partial charge in [0.15, 0.2) is 0 Å². The maximum Gasteiger partial charge on any atom is 0.254 e. The van der Waals surface area contributed by atoms with Crippen LogP contribution in [0.5, 0.6) is 0 Å². The predicted molar refractivity (Wildman–Crippen MR) is 29.7 cm³/mol. The molecule has 0 saturated heterocycles. The molecule has 1 rings (SSSR count). The predicted octanol–water partition coefficient (Wildman–Crippen LogP) is -0.698. The number of amides is 1. The molecule has 0 atom stereocenters. The van der Waals surface area contributed by atoms with Crippen molar-refractivity contribution in [1.82, 2.24) is 0 Å². The zero-order chi connectivity index (χ0) is 5.98. The number of carbonyl (C=O) groups excluding carboxylic acids is 1. The number of hydrogen-bond acceptors (Lipinski definition) is 3. The van der Waals surface area contributed by atoms with Crippen LogP contribution in [0.4, 0.5) is 0 Å². The average molecular weight is 111 g/mol. The van der Waals surface area contributed by atoms with Crippen LogP contribution in [-0.4, -0.2) is 18.1 Å². The van der Waals surface area contributed by atoms with Gasteiger partial charge < -0.3 is 5.73 Å². The summed E-state index contributed by atoms with van der Waals surface area (Å²) < 4.78 is 0. The Bertz CT molecular complexity index is 170. The highest BCUT2D eigenvalue weighted by atomic mass is 16.1. The highest BCUT2D eigenvalue weighted by Crippen LogP contribution is 1.88. The van der Waals surface area contributed by atoms with Gasteiger partial charge in [0.1, 0.15) is 0 Å². The molecule has 0 radical (unpaired) electrons. The fourth-order valence-corrected chi connectivity index (χ4v) is 0.420. The fraction of sp³-hybridized carbons (Fsp3) is 0.250. The Hall–Kier alpha value is -1.19. The van der Waals surface area contributed by atoms with Crippen LogP contribution in [0, 0.1) is 0 Å². The van der Waals surface area contributed by atoms with E-state index in [1.54, 1.807) is 0 Å². The van der Waals surface area contributed by atoms with Crippen molar-refractivity contribution in [2.45, 2.75) is 6.42 Å². The van der Waals surface area contributed by atoms with Gasteiger partial charge in [-0.05, 0) is 0 Å². The SMILES string of the molecule is NC1=NC(=O)CC=N1. The van der Waals surface area contributed by atoms with Crippen molar-refractivity contribution >= 4 is 18.1 Å². The summed E-state index contributed by atoms with van der Waals surface area (Å²) >= 11 is 0. The molecule has 0 aromatic carbocycles. The average Bonchev–Trinajstić information content (AvgIpc) is 1.64. The molecule has 42 valence electrons. The van der Waals surface area contributed by atoms with Gasteiger partial charge in [0.2, 0.25) is 5.96 Å². The van der Waals surface area contributed by atoms with Crippen LogP contribution in [0.1, 0.15) is 6.42 Å². The lowest BCUT2D eigenvalue weighted by Gasteiger charge is -1.94. The molecule has 0 unspecified atom stereocenters. The van der Waals surface area contributed by atoms with Crippen molar-refractivity contribution in [3.8, 4) is 0 Å². The second kappa shape index (κ2) is 1.73. The van der Waals surface area contributed by atoms with E-state index in [4.69, 9.17) is 5.73 Å². The zero-order valence-corrected chi connectivity index (χ0v) is 4.16. The third kappa shape index (κ3) is 0.900. The smallest absolute Gasteiger partial charge is 0.254 e. The number of nitrogens with two attached hydrogens (primary N) is 1. The van der Waals surface area contributed by atoms with Crippen LogP contribution in [0.3, 0.4) is 0 Å². The van der Waals surface area contributed by atoms with E-state index in [9.17, 15) is 4.79 Å². The van der Waals surface area contributed by atoms with Gasteiger partial charge in [-0.1, -0.05) is 0 Å². The first-order valence-electron chi connectivity index (χ1n) is 2.18. The van der Waals surface area contributed by atoms with Crippen LogP contribution in [0.15, 0.2) is 9.98 Å². The molecule has 0 saturated carbocycles. The molecule has 4 heteroatoms. The molecule has 1 heterocycles. The van der Waals surface area contributed by atoms with Gasteiger partial charge in [-0.2, -0.15) is 4.99 Å². The Kier molecular flexibility index (Phi) is 1.07. The molecule has 4 nitrogen and oxygen atoms in total. The van der Waals surface area contributed by atoms with Crippen LogP contribution >= 0.6 is 0 Å². The molecule has 8 heavy (non-hydrogen) atoms. The molecule has 2 N–H and O–H groups in total. The molecule has 0 fully saturated rings. The van der Waals surface area contributed by atoms with Crippen molar-refractivity contribution in [1.29, 1.82) is 0 Å². The lowest BCUT2D eigenvalue weighted by atomic mass is 10.4. The van der Waals surface area contributed by atoms with Crippen LogP contribution < -0.4 is 5.73 Å². The van der Waals surface area contributed by atoms with Gasteiger partial charge in [-0.3, -0.25) is 4.79 Å².